The molecule has 1 fully saturated rings. The number of nitrogens with zero attached hydrogens (tertiary/aromatic N) is 4. The zero-order chi connectivity index (χ0) is 16.4. The highest BCUT2D eigenvalue weighted by molar-refractivity contribution is 7.09. The molecule has 24 heavy (non-hydrogen) atoms. The Balaban J connectivity index is 1.43. The Morgan fingerprint density at radius 3 is 2.96 bits per heavy atom. The molecule has 0 saturated carbocycles. The molecule has 3 heterocycles. The summed E-state index contributed by atoms with van der Waals surface area (Å²) >= 11 is 1.60. The van der Waals surface area contributed by atoms with Crippen molar-refractivity contribution < 1.29 is 13.7 Å². The zero-order valence-electron chi connectivity index (χ0n) is 12.8. The number of morpholine rings is 1. The molecule has 3 aromatic rings. The van der Waals surface area contributed by atoms with E-state index < -0.39 is 0 Å². The molecule has 0 spiro atoms. The van der Waals surface area contributed by atoms with Gasteiger partial charge in [-0.15, -0.1) is 11.3 Å². The summed E-state index contributed by atoms with van der Waals surface area (Å²) < 4.78 is 24.1. The fraction of sp³-hybridized carbons (Fsp3) is 0.312. The van der Waals surface area contributed by atoms with Gasteiger partial charge in [0.2, 0.25) is 11.7 Å². The van der Waals surface area contributed by atoms with Gasteiger partial charge >= 0.3 is 0 Å². The Morgan fingerprint density at radius 1 is 1.29 bits per heavy atom. The third-order valence-corrected chi connectivity index (χ3v) is 4.67. The topological polar surface area (TPSA) is 64.3 Å². The van der Waals surface area contributed by atoms with Crippen molar-refractivity contribution in [3.63, 3.8) is 0 Å². The van der Waals surface area contributed by atoms with Crippen molar-refractivity contribution in [1.82, 2.24) is 20.0 Å². The maximum absolute atomic E-state index is 13.0. The van der Waals surface area contributed by atoms with Gasteiger partial charge in [0.1, 0.15) is 16.9 Å². The largest absolute Gasteiger partial charge is 0.368 e. The summed E-state index contributed by atoms with van der Waals surface area (Å²) in [4.78, 5) is 10.9. The molecule has 2 aromatic heterocycles. The normalized spacial score (nSPS) is 18.8. The van der Waals surface area contributed by atoms with Crippen molar-refractivity contribution in [2.45, 2.75) is 12.6 Å². The second-order valence-electron chi connectivity index (χ2n) is 5.48. The van der Waals surface area contributed by atoms with Gasteiger partial charge < -0.3 is 9.26 Å². The van der Waals surface area contributed by atoms with Crippen LogP contribution >= 0.6 is 11.3 Å². The summed E-state index contributed by atoms with van der Waals surface area (Å²) in [5.41, 5.74) is 0.731. The number of benzene rings is 1. The summed E-state index contributed by atoms with van der Waals surface area (Å²) in [6.45, 7) is 2.74. The van der Waals surface area contributed by atoms with E-state index in [-0.39, 0.29) is 11.9 Å². The Bertz CT molecular complexity index is 791. The third-order valence-electron chi connectivity index (χ3n) is 3.81. The van der Waals surface area contributed by atoms with E-state index in [1.807, 2.05) is 5.38 Å². The van der Waals surface area contributed by atoms with Crippen LogP contribution in [0.5, 0.6) is 0 Å². The standard InChI is InChI=1S/C16H15FN4O2S/c17-12-3-1-11(2-4-12)15-19-14(23-20-15)10-21-6-7-22-13(9-21)16-18-5-8-24-16/h1-5,8,13H,6-7,9-10H2. The monoisotopic (exact) mass is 346 g/mol. The number of hydrogen-bond donors (Lipinski definition) is 0. The molecule has 1 aliphatic heterocycles. The Morgan fingerprint density at radius 2 is 2.17 bits per heavy atom. The van der Waals surface area contributed by atoms with Crippen LogP contribution < -0.4 is 0 Å². The summed E-state index contributed by atoms with van der Waals surface area (Å²) in [6.07, 6.45) is 1.77. The average Bonchev–Trinajstić information content (AvgIpc) is 3.28. The van der Waals surface area contributed by atoms with Crippen LogP contribution in [0.3, 0.4) is 0 Å². The number of ether oxygens (including phenoxy) is 1. The van der Waals surface area contributed by atoms with E-state index >= 15 is 0 Å². The second kappa shape index (κ2) is 6.76. The first kappa shape index (κ1) is 15.4. The maximum Gasteiger partial charge on any atom is 0.241 e. The summed E-state index contributed by atoms with van der Waals surface area (Å²) in [5, 5.41) is 6.91. The summed E-state index contributed by atoms with van der Waals surface area (Å²) in [6, 6.07) is 6.03. The van der Waals surface area contributed by atoms with Crippen molar-refractivity contribution in [2.24, 2.45) is 0 Å². The smallest absolute Gasteiger partial charge is 0.241 e. The highest BCUT2D eigenvalue weighted by atomic mass is 32.1. The van der Waals surface area contributed by atoms with Crippen molar-refractivity contribution >= 4 is 11.3 Å². The van der Waals surface area contributed by atoms with Gasteiger partial charge in [0.15, 0.2) is 0 Å². The lowest BCUT2D eigenvalue weighted by Crippen LogP contribution is -2.37. The molecule has 1 unspecified atom stereocenters. The van der Waals surface area contributed by atoms with Gasteiger partial charge in [-0.2, -0.15) is 4.98 Å². The average molecular weight is 346 g/mol. The van der Waals surface area contributed by atoms with Gasteiger partial charge in [-0.3, -0.25) is 4.90 Å². The van der Waals surface area contributed by atoms with Crippen LogP contribution in [-0.4, -0.2) is 39.7 Å². The van der Waals surface area contributed by atoms with E-state index in [4.69, 9.17) is 9.26 Å². The van der Waals surface area contributed by atoms with Crippen LogP contribution in [0.2, 0.25) is 0 Å². The van der Waals surface area contributed by atoms with Gasteiger partial charge in [-0.1, -0.05) is 5.16 Å². The predicted molar refractivity (Wildman–Crippen MR) is 85.8 cm³/mol. The molecular formula is C16H15FN4O2S. The van der Waals surface area contributed by atoms with Crippen molar-refractivity contribution in [1.29, 1.82) is 0 Å². The van der Waals surface area contributed by atoms with Crippen molar-refractivity contribution in [2.75, 3.05) is 19.7 Å². The van der Waals surface area contributed by atoms with Gasteiger partial charge in [-0.05, 0) is 24.3 Å². The fourth-order valence-corrected chi connectivity index (χ4v) is 3.29. The molecule has 124 valence electrons. The van der Waals surface area contributed by atoms with E-state index in [0.717, 1.165) is 23.7 Å². The highest BCUT2D eigenvalue weighted by Crippen LogP contribution is 2.25. The number of halogens is 1. The van der Waals surface area contributed by atoms with Gasteiger partial charge in [0.05, 0.1) is 13.2 Å². The molecule has 0 aliphatic carbocycles. The van der Waals surface area contributed by atoms with Crippen LogP contribution in [0.15, 0.2) is 40.4 Å². The van der Waals surface area contributed by atoms with E-state index in [2.05, 4.69) is 20.0 Å². The van der Waals surface area contributed by atoms with Gasteiger partial charge in [-0.25, -0.2) is 9.37 Å². The van der Waals surface area contributed by atoms with Crippen molar-refractivity contribution in [3.05, 3.63) is 52.6 Å². The minimum absolute atomic E-state index is 0.0155. The molecule has 6 nitrogen and oxygen atoms in total. The minimum Gasteiger partial charge on any atom is -0.368 e. The Labute approximate surface area is 141 Å². The first-order chi connectivity index (χ1) is 11.8. The van der Waals surface area contributed by atoms with Crippen LogP contribution in [0.4, 0.5) is 4.39 Å². The number of thiazole rings is 1. The quantitative estimate of drug-likeness (QED) is 0.724. The lowest BCUT2D eigenvalue weighted by Gasteiger charge is -2.30. The first-order valence-electron chi connectivity index (χ1n) is 7.60. The summed E-state index contributed by atoms with van der Waals surface area (Å²) in [5.74, 6) is 0.716. The number of hydrogen-bond acceptors (Lipinski definition) is 7. The van der Waals surface area contributed by atoms with Crippen LogP contribution in [0.1, 0.15) is 17.0 Å². The summed E-state index contributed by atoms with van der Waals surface area (Å²) in [7, 11) is 0. The van der Waals surface area contributed by atoms with E-state index in [0.29, 0.717) is 24.9 Å². The predicted octanol–water partition coefficient (Wildman–Crippen LogP) is 2.91. The molecule has 1 aliphatic rings. The fourth-order valence-electron chi connectivity index (χ4n) is 2.62. The molecule has 1 aromatic carbocycles. The maximum atomic E-state index is 13.0. The molecule has 0 bridgehead atoms. The molecule has 8 heteroatoms. The molecule has 0 N–H and O–H groups in total. The lowest BCUT2D eigenvalue weighted by atomic mass is 10.2. The van der Waals surface area contributed by atoms with Crippen LogP contribution in [0.25, 0.3) is 11.4 Å². The molecule has 1 saturated heterocycles. The van der Waals surface area contributed by atoms with Gasteiger partial charge in [0, 0.05) is 30.2 Å². The zero-order valence-corrected chi connectivity index (χ0v) is 13.6. The number of aromatic nitrogens is 3. The Kier molecular flexibility index (Phi) is 4.33. The molecule has 1 atom stereocenters. The first-order valence-corrected chi connectivity index (χ1v) is 8.48. The minimum atomic E-state index is -0.288. The van der Waals surface area contributed by atoms with E-state index in [9.17, 15) is 4.39 Å². The van der Waals surface area contributed by atoms with Crippen LogP contribution in [0, 0.1) is 5.82 Å². The van der Waals surface area contributed by atoms with E-state index in [1.54, 1.807) is 29.7 Å². The Hall–Kier alpha value is -2.16. The van der Waals surface area contributed by atoms with Crippen LogP contribution in [-0.2, 0) is 11.3 Å². The molecule has 4 rings (SSSR count). The molecular weight excluding hydrogens is 331 g/mol. The molecule has 0 radical (unpaired) electrons. The van der Waals surface area contributed by atoms with Gasteiger partial charge in [0.25, 0.3) is 0 Å². The SMILES string of the molecule is Fc1ccc(-c2noc(CN3CCOC(c4nccs4)C3)n2)cc1. The number of rotatable bonds is 4. The second-order valence-corrected chi connectivity index (χ2v) is 6.41. The lowest BCUT2D eigenvalue weighted by molar-refractivity contribution is -0.0356. The third kappa shape index (κ3) is 3.35. The highest BCUT2D eigenvalue weighted by Gasteiger charge is 2.25. The molecule has 0 amide bonds. The van der Waals surface area contributed by atoms with Crippen molar-refractivity contribution in [3.8, 4) is 11.4 Å². The van der Waals surface area contributed by atoms with E-state index in [1.165, 1.54) is 12.1 Å².